The van der Waals surface area contributed by atoms with Crippen LogP contribution < -0.4 is 5.32 Å². The highest BCUT2D eigenvalue weighted by Gasteiger charge is 2.16. The summed E-state index contributed by atoms with van der Waals surface area (Å²) in [6.45, 7) is 4.80. The number of rotatable bonds is 5. The number of nitrogens with zero attached hydrogens (tertiary/aromatic N) is 5. The first-order valence-electron chi connectivity index (χ1n) is 8.93. The van der Waals surface area contributed by atoms with Crippen LogP contribution in [0, 0.1) is 6.92 Å². The quantitative estimate of drug-likeness (QED) is 0.458. The number of imidazole rings is 1. The average molecular weight is 413 g/mol. The van der Waals surface area contributed by atoms with Crippen molar-refractivity contribution in [2.75, 3.05) is 5.32 Å². The molecule has 3 heterocycles. The fourth-order valence-corrected chi connectivity index (χ4v) is 3.52. The molecule has 0 atom stereocenters. The minimum absolute atomic E-state index is 0.473. The van der Waals surface area contributed by atoms with E-state index in [1.54, 1.807) is 18.6 Å². The molecule has 0 amide bonds. The number of halogens is 2. The second-order valence-electron chi connectivity index (χ2n) is 6.42. The third-order valence-corrected chi connectivity index (χ3v) is 4.88. The lowest BCUT2D eigenvalue weighted by Crippen LogP contribution is -2.02. The Hall–Kier alpha value is -2.70. The van der Waals surface area contributed by atoms with E-state index >= 15 is 0 Å². The van der Waals surface area contributed by atoms with Crippen LogP contribution in [0.1, 0.15) is 19.0 Å². The Morgan fingerprint density at radius 1 is 1.04 bits per heavy atom. The zero-order valence-corrected chi connectivity index (χ0v) is 17.0. The zero-order valence-electron chi connectivity index (χ0n) is 15.4. The van der Waals surface area contributed by atoms with Gasteiger partial charge in [-0.25, -0.2) is 15.0 Å². The van der Waals surface area contributed by atoms with Crippen LogP contribution in [0.3, 0.4) is 0 Å². The Balaban J connectivity index is 1.74. The number of aryl methyl sites for hydroxylation is 2. The highest BCUT2D eigenvalue weighted by Crippen LogP contribution is 2.32. The van der Waals surface area contributed by atoms with E-state index in [0.717, 1.165) is 41.1 Å². The molecule has 6 nitrogen and oxygen atoms in total. The molecule has 0 aliphatic heterocycles. The van der Waals surface area contributed by atoms with Gasteiger partial charge in [0.05, 0.1) is 39.2 Å². The van der Waals surface area contributed by atoms with Gasteiger partial charge in [-0.05, 0) is 31.5 Å². The van der Waals surface area contributed by atoms with Crippen molar-refractivity contribution in [3.8, 4) is 11.4 Å². The molecule has 4 aromatic rings. The first kappa shape index (κ1) is 18.7. The van der Waals surface area contributed by atoms with E-state index in [1.165, 1.54) is 0 Å². The standard InChI is InChI=1S/C20H18Cl2N6/c1-3-7-28-18-14(21)5-4-6-16(18)26-20(28)13-8-15(22)19(25-10-13)27-17-11-23-12(2)9-24-17/h4-6,8-11H,3,7H2,1-2H3,(H,24,25,27). The molecule has 1 aromatic carbocycles. The number of hydrogen-bond donors (Lipinski definition) is 1. The summed E-state index contributed by atoms with van der Waals surface area (Å²) >= 11 is 12.9. The molecule has 0 spiro atoms. The van der Waals surface area contributed by atoms with Crippen LogP contribution in [0.25, 0.3) is 22.4 Å². The van der Waals surface area contributed by atoms with E-state index in [9.17, 15) is 0 Å². The first-order valence-corrected chi connectivity index (χ1v) is 9.68. The number of hydrogen-bond acceptors (Lipinski definition) is 5. The normalized spacial score (nSPS) is 11.1. The molecular formula is C20H18Cl2N6. The molecule has 1 N–H and O–H groups in total. The largest absolute Gasteiger partial charge is 0.323 e. The Labute approximate surface area is 172 Å². The Kier molecular flexibility index (Phi) is 5.15. The molecule has 3 aromatic heterocycles. The molecule has 0 radical (unpaired) electrons. The van der Waals surface area contributed by atoms with Gasteiger partial charge in [0.15, 0.2) is 0 Å². The number of benzene rings is 1. The number of nitrogens with one attached hydrogen (secondary N) is 1. The van der Waals surface area contributed by atoms with Gasteiger partial charge in [-0.3, -0.25) is 4.98 Å². The average Bonchev–Trinajstić information content (AvgIpc) is 3.05. The molecule has 0 saturated carbocycles. The number of para-hydroxylation sites is 1. The van der Waals surface area contributed by atoms with Gasteiger partial charge < -0.3 is 9.88 Å². The molecule has 8 heteroatoms. The molecule has 0 aliphatic carbocycles. The number of aromatic nitrogens is 5. The maximum Gasteiger partial charge on any atom is 0.150 e. The van der Waals surface area contributed by atoms with Crippen LogP contribution >= 0.6 is 23.2 Å². The van der Waals surface area contributed by atoms with Crippen molar-refractivity contribution >= 4 is 45.9 Å². The summed E-state index contributed by atoms with van der Waals surface area (Å²) in [5, 5.41) is 4.24. The minimum Gasteiger partial charge on any atom is -0.323 e. The monoisotopic (exact) mass is 412 g/mol. The lowest BCUT2D eigenvalue weighted by Gasteiger charge is -2.11. The predicted molar refractivity (Wildman–Crippen MR) is 113 cm³/mol. The Morgan fingerprint density at radius 2 is 1.89 bits per heavy atom. The smallest absolute Gasteiger partial charge is 0.150 e. The molecule has 142 valence electrons. The van der Waals surface area contributed by atoms with Gasteiger partial charge in [0.25, 0.3) is 0 Å². The van der Waals surface area contributed by atoms with E-state index < -0.39 is 0 Å². The summed E-state index contributed by atoms with van der Waals surface area (Å²) in [7, 11) is 0. The van der Waals surface area contributed by atoms with Crippen molar-refractivity contribution in [3.63, 3.8) is 0 Å². The molecule has 28 heavy (non-hydrogen) atoms. The van der Waals surface area contributed by atoms with Crippen LogP contribution in [0.2, 0.25) is 10.0 Å². The second kappa shape index (κ2) is 7.73. The summed E-state index contributed by atoms with van der Waals surface area (Å²) in [5.41, 5.74) is 3.44. The zero-order chi connectivity index (χ0) is 19.7. The molecule has 0 saturated heterocycles. The van der Waals surface area contributed by atoms with Crippen LogP contribution in [0.15, 0.2) is 42.9 Å². The highest BCUT2D eigenvalue weighted by molar-refractivity contribution is 6.35. The fourth-order valence-electron chi connectivity index (χ4n) is 3.03. The first-order chi connectivity index (χ1) is 13.6. The third-order valence-electron chi connectivity index (χ3n) is 4.29. The van der Waals surface area contributed by atoms with Gasteiger partial charge in [-0.2, -0.15) is 0 Å². The van der Waals surface area contributed by atoms with E-state index in [2.05, 4.69) is 31.8 Å². The van der Waals surface area contributed by atoms with Crippen LogP contribution in [0.5, 0.6) is 0 Å². The van der Waals surface area contributed by atoms with Crippen molar-refractivity contribution in [1.29, 1.82) is 0 Å². The summed E-state index contributed by atoms with van der Waals surface area (Å²) in [4.78, 5) is 17.7. The highest BCUT2D eigenvalue weighted by atomic mass is 35.5. The minimum atomic E-state index is 0.473. The lowest BCUT2D eigenvalue weighted by molar-refractivity contribution is 0.704. The van der Waals surface area contributed by atoms with E-state index in [-0.39, 0.29) is 0 Å². The van der Waals surface area contributed by atoms with E-state index in [0.29, 0.717) is 21.7 Å². The van der Waals surface area contributed by atoms with Crippen molar-refractivity contribution in [3.05, 3.63) is 58.6 Å². The molecule has 0 bridgehead atoms. The van der Waals surface area contributed by atoms with Crippen LogP contribution in [-0.4, -0.2) is 24.5 Å². The number of fused-ring (bicyclic) bond motifs is 1. The van der Waals surface area contributed by atoms with Gasteiger partial charge in [0, 0.05) is 18.3 Å². The fraction of sp³-hybridized carbons (Fsp3) is 0.200. The van der Waals surface area contributed by atoms with E-state index in [1.807, 2.05) is 31.2 Å². The van der Waals surface area contributed by atoms with Gasteiger partial charge in [-0.15, -0.1) is 0 Å². The van der Waals surface area contributed by atoms with Gasteiger partial charge in [0.2, 0.25) is 0 Å². The van der Waals surface area contributed by atoms with Crippen molar-refractivity contribution < 1.29 is 0 Å². The van der Waals surface area contributed by atoms with Gasteiger partial charge in [0.1, 0.15) is 17.5 Å². The molecule has 0 unspecified atom stereocenters. The second-order valence-corrected chi connectivity index (χ2v) is 7.23. The molecule has 0 fully saturated rings. The summed E-state index contributed by atoms with van der Waals surface area (Å²) in [5.74, 6) is 1.89. The van der Waals surface area contributed by atoms with Crippen molar-refractivity contribution in [1.82, 2.24) is 24.5 Å². The Morgan fingerprint density at radius 3 is 2.61 bits per heavy atom. The lowest BCUT2D eigenvalue weighted by atomic mass is 10.2. The van der Waals surface area contributed by atoms with Crippen molar-refractivity contribution in [2.24, 2.45) is 0 Å². The number of anilines is 2. The summed E-state index contributed by atoms with van der Waals surface area (Å²) < 4.78 is 2.11. The molecule has 4 rings (SSSR count). The SMILES string of the molecule is CCCn1c(-c2cnc(Nc3cnc(C)cn3)c(Cl)c2)nc2cccc(Cl)c21. The predicted octanol–water partition coefficient (Wildman–Crippen LogP) is 5.66. The van der Waals surface area contributed by atoms with Crippen molar-refractivity contribution in [2.45, 2.75) is 26.8 Å². The summed E-state index contributed by atoms with van der Waals surface area (Å²) in [6, 6.07) is 7.58. The topological polar surface area (TPSA) is 68.5 Å². The van der Waals surface area contributed by atoms with E-state index in [4.69, 9.17) is 28.2 Å². The third kappa shape index (κ3) is 3.53. The maximum atomic E-state index is 6.48. The molecule has 0 aliphatic rings. The van der Waals surface area contributed by atoms with Gasteiger partial charge >= 0.3 is 0 Å². The molecular weight excluding hydrogens is 395 g/mol. The Bertz CT molecular complexity index is 1140. The summed E-state index contributed by atoms with van der Waals surface area (Å²) in [6.07, 6.45) is 6.03. The van der Waals surface area contributed by atoms with Crippen LogP contribution in [-0.2, 0) is 6.54 Å². The van der Waals surface area contributed by atoms with Crippen LogP contribution in [0.4, 0.5) is 11.6 Å². The van der Waals surface area contributed by atoms with Gasteiger partial charge in [-0.1, -0.05) is 36.2 Å². The number of pyridine rings is 1. The maximum absolute atomic E-state index is 6.48.